The van der Waals surface area contributed by atoms with Gasteiger partial charge in [-0.2, -0.15) is 0 Å². The van der Waals surface area contributed by atoms with Gasteiger partial charge in [-0.05, 0) is 56.0 Å². The predicted molar refractivity (Wildman–Crippen MR) is 70.9 cm³/mol. The van der Waals surface area contributed by atoms with Crippen LogP contribution in [0.5, 0.6) is 5.75 Å². The Morgan fingerprint density at radius 1 is 1.39 bits per heavy atom. The van der Waals surface area contributed by atoms with Gasteiger partial charge >= 0.3 is 0 Å². The van der Waals surface area contributed by atoms with Crippen molar-refractivity contribution in [2.45, 2.75) is 38.3 Å². The number of ether oxygens (including phenoxy) is 2. The van der Waals surface area contributed by atoms with E-state index in [0.29, 0.717) is 6.61 Å². The van der Waals surface area contributed by atoms with E-state index in [9.17, 15) is 0 Å². The normalized spacial score (nSPS) is 26.9. The van der Waals surface area contributed by atoms with Gasteiger partial charge in [-0.15, -0.1) is 0 Å². The molecule has 1 aromatic carbocycles. The maximum atomic E-state index is 5.91. The van der Waals surface area contributed by atoms with Crippen molar-refractivity contribution in [2.24, 2.45) is 0 Å². The standard InChI is InChI=1S/C15H21NO2/c1-15(6-2-8-18-15)11-17-14-4-3-13-10-16-7-5-12(13)9-14/h3-4,9,16H,2,5-8,10-11H2,1H3. The molecule has 3 heteroatoms. The molecule has 18 heavy (non-hydrogen) atoms. The SMILES string of the molecule is CC1(COc2ccc3c(c2)CCNC3)CCCO1. The van der Waals surface area contributed by atoms with Crippen LogP contribution in [0.1, 0.15) is 30.9 Å². The van der Waals surface area contributed by atoms with E-state index in [1.54, 1.807) is 0 Å². The summed E-state index contributed by atoms with van der Waals surface area (Å²) in [5, 5.41) is 3.38. The van der Waals surface area contributed by atoms with E-state index in [2.05, 4.69) is 30.4 Å². The Morgan fingerprint density at radius 2 is 2.33 bits per heavy atom. The lowest BCUT2D eigenvalue weighted by Gasteiger charge is -2.24. The van der Waals surface area contributed by atoms with E-state index in [4.69, 9.17) is 9.47 Å². The molecule has 1 aromatic rings. The summed E-state index contributed by atoms with van der Waals surface area (Å²) < 4.78 is 11.7. The third kappa shape index (κ3) is 2.52. The zero-order valence-corrected chi connectivity index (χ0v) is 11.0. The Hall–Kier alpha value is -1.06. The third-order valence-electron chi connectivity index (χ3n) is 3.91. The molecule has 3 nitrogen and oxygen atoms in total. The fraction of sp³-hybridized carbons (Fsp3) is 0.600. The van der Waals surface area contributed by atoms with Crippen LogP contribution in [0.4, 0.5) is 0 Å². The zero-order valence-electron chi connectivity index (χ0n) is 11.0. The number of nitrogens with one attached hydrogen (secondary N) is 1. The molecule has 1 saturated heterocycles. The molecule has 2 aliphatic heterocycles. The largest absolute Gasteiger partial charge is 0.491 e. The van der Waals surface area contributed by atoms with Crippen LogP contribution in [0.2, 0.25) is 0 Å². The first kappa shape index (κ1) is 12.0. The van der Waals surface area contributed by atoms with E-state index in [1.165, 1.54) is 11.1 Å². The Bertz CT molecular complexity index is 425. The maximum Gasteiger partial charge on any atom is 0.119 e. The van der Waals surface area contributed by atoms with Crippen LogP contribution in [0.25, 0.3) is 0 Å². The molecule has 1 N–H and O–H groups in total. The van der Waals surface area contributed by atoms with Crippen LogP contribution in [-0.4, -0.2) is 25.4 Å². The van der Waals surface area contributed by atoms with Crippen LogP contribution in [0.3, 0.4) is 0 Å². The second-order valence-corrected chi connectivity index (χ2v) is 5.55. The summed E-state index contributed by atoms with van der Waals surface area (Å²) in [6.45, 7) is 5.72. The monoisotopic (exact) mass is 247 g/mol. The van der Waals surface area contributed by atoms with Gasteiger partial charge in [0.1, 0.15) is 12.4 Å². The summed E-state index contributed by atoms with van der Waals surface area (Å²) in [6.07, 6.45) is 3.35. The molecule has 3 rings (SSSR count). The van der Waals surface area contributed by atoms with Crippen molar-refractivity contribution < 1.29 is 9.47 Å². The van der Waals surface area contributed by atoms with Crippen molar-refractivity contribution in [3.05, 3.63) is 29.3 Å². The Labute approximate surface area is 108 Å². The van der Waals surface area contributed by atoms with E-state index in [1.807, 2.05) is 0 Å². The topological polar surface area (TPSA) is 30.5 Å². The summed E-state index contributed by atoms with van der Waals surface area (Å²) in [7, 11) is 0. The summed E-state index contributed by atoms with van der Waals surface area (Å²) in [4.78, 5) is 0. The molecule has 1 fully saturated rings. The lowest BCUT2D eigenvalue weighted by atomic mass is 10.0. The van der Waals surface area contributed by atoms with E-state index in [0.717, 1.165) is 44.7 Å². The minimum atomic E-state index is -0.0859. The molecule has 0 saturated carbocycles. The van der Waals surface area contributed by atoms with Crippen LogP contribution in [-0.2, 0) is 17.7 Å². The lowest BCUT2D eigenvalue weighted by Crippen LogP contribution is -2.31. The Balaban J connectivity index is 1.66. The molecule has 0 bridgehead atoms. The van der Waals surface area contributed by atoms with Crippen LogP contribution in [0, 0.1) is 0 Å². The fourth-order valence-corrected chi connectivity index (χ4v) is 2.73. The highest BCUT2D eigenvalue weighted by Crippen LogP contribution is 2.27. The number of hydrogen-bond acceptors (Lipinski definition) is 3. The van der Waals surface area contributed by atoms with E-state index >= 15 is 0 Å². The van der Waals surface area contributed by atoms with Gasteiger partial charge in [0.15, 0.2) is 0 Å². The molecule has 1 atom stereocenters. The Kier molecular flexibility index (Phi) is 3.27. The minimum Gasteiger partial charge on any atom is -0.491 e. The molecule has 2 aliphatic rings. The van der Waals surface area contributed by atoms with Gasteiger partial charge in [0.2, 0.25) is 0 Å². The minimum absolute atomic E-state index is 0.0859. The van der Waals surface area contributed by atoms with E-state index in [-0.39, 0.29) is 5.60 Å². The van der Waals surface area contributed by atoms with Gasteiger partial charge in [0, 0.05) is 13.2 Å². The smallest absolute Gasteiger partial charge is 0.119 e. The average Bonchev–Trinajstić information content (AvgIpc) is 2.84. The maximum absolute atomic E-state index is 5.91. The van der Waals surface area contributed by atoms with Gasteiger partial charge in [-0.1, -0.05) is 6.07 Å². The third-order valence-corrected chi connectivity index (χ3v) is 3.91. The summed E-state index contributed by atoms with van der Waals surface area (Å²) in [6, 6.07) is 6.44. The summed E-state index contributed by atoms with van der Waals surface area (Å²) in [5.74, 6) is 0.979. The second kappa shape index (κ2) is 4.90. The van der Waals surface area contributed by atoms with Crippen molar-refractivity contribution in [1.29, 1.82) is 0 Å². The van der Waals surface area contributed by atoms with Crippen LogP contribution < -0.4 is 10.1 Å². The first-order valence-corrected chi connectivity index (χ1v) is 6.84. The molecule has 0 radical (unpaired) electrons. The summed E-state index contributed by atoms with van der Waals surface area (Å²) >= 11 is 0. The molecule has 0 spiro atoms. The first-order valence-electron chi connectivity index (χ1n) is 6.84. The van der Waals surface area contributed by atoms with Gasteiger partial charge in [-0.25, -0.2) is 0 Å². The molecule has 1 unspecified atom stereocenters. The molecule has 0 aliphatic carbocycles. The average molecular weight is 247 g/mol. The highest BCUT2D eigenvalue weighted by Gasteiger charge is 2.30. The quantitative estimate of drug-likeness (QED) is 0.889. The number of benzene rings is 1. The highest BCUT2D eigenvalue weighted by molar-refractivity contribution is 5.37. The van der Waals surface area contributed by atoms with Crippen LogP contribution in [0.15, 0.2) is 18.2 Å². The van der Waals surface area contributed by atoms with Crippen molar-refractivity contribution in [3.8, 4) is 5.75 Å². The first-order chi connectivity index (χ1) is 8.75. The van der Waals surface area contributed by atoms with E-state index < -0.39 is 0 Å². The zero-order chi connectivity index (χ0) is 12.4. The summed E-state index contributed by atoms with van der Waals surface area (Å²) in [5.41, 5.74) is 2.73. The molecule has 98 valence electrons. The molecular weight excluding hydrogens is 226 g/mol. The van der Waals surface area contributed by atoms with Gasteiger partial charge in [0.25, 0.3) is 0 Å². The van der Waals surface area contributed by atoms with Crippen LogP contribution >= 0.6 is 0 Å². The predicted octanol–water partition coefficient (Wildman–Crippen LogP) is 2.28. The van der Waals surface area contributed by atoms with Crippen molar-refractivity contribution >= 4 is 0 Å². The molecule has 0 aromatic heterocycles. The molecule has 0 amide bonds. The number of rotatable bonds is 3. The van der Waals surface area contributed by atoms with Crippen molar-refractivity contribution in [3.63, 3.8) is 0 Å². The molecular formula is C15H21NO2. The fourth-order valence-electron chi connectivity index (χ4n) is 2.73. The lowest BCUT2D eigenvalue weighted by molar-refractivity contribution is -0.0159. The second-order valence-electron chi connectivity index (χ2n) is 5.55. The molecule has 2 heterocycles. The van der Waals surface area contributed by atoms with Crippen molar-refractivity contribution in [1.82, 2.24) is 5.32 Å². The van der Waals surface area contributed by atoms with Crippen molar-refractivity contribution in [2.75, 3.05) is 19.8 Å². The Morgan fingerprint density at radius 3 is 3.17 bits per heavy atom. The number of fused-ring (bicyclic) bond motifs is 1. The van der Waals surface area contributed by atoms with Gasteiger partial charge in [-0.3, -0.25) is 0 Å². The number of hydrogen-bond donors (Lipinski definition) is 1. The highest BCUT2D eigenvalue weighted by atomic mass is 16.5. The van der Waals surface area contributed by atoms with Gasteiger partial charge < -0.3 is 14.8 Å². The van der Waals surface area contributed by atoms with Gasteiger partial charge in [0.05, 0.1) is 5.60 Å².